The highest BCUT2D eigenvalue weighted by molar-refractivity contribution is 5.68. The number of amides is 1. The summed E-state index contributed by atoms with van der Waals surface area (Å²) in [6.45, 7) is 4.40. The maximum Gasteiger partial charge on any atom is 0.405 e. The molecular weight excluding hydrogens is 318 g/mol. The fourth-order valence-electron chi connectivity index (χ4n) is 3.41. The minimum atomic E-state index is -0.735. The first kappa shape index (κ1) is 17.3. The van der Waals surface area contributed by atoms with Crippen LogP contribution in [-0.4, -0.2) is 20.0 Å². The first-order chi connectivity index (χ1) is 11.9. The molecular formula is C20H23NO4. The normalized spacial score (nSPS) is 17.8. The van der Waals surface area contributed by atoms with Crippen molar-refractivity contribution in [3.63, 3.8) is 0 Å². The van der Waals surface area contributed by atoms with Crippen molar-refractivity contribution in [3.8, 4) is 16.9 Å². The van der Waals surface area contributed by atoms with E-state index in [0.29, 0.717) is 0 Å². The molecule has 132 valence electrons. The van der Waals surface area contributed by atoms with Crippen LogP contribution in [0.5, 0.6) is 5.75 Å². The Kier molecular flexibility index (Phi) is 4.68. The zero-order valence-electron chi connectivity index (χ0n) is 14.7. The van der Waals surface area contributed by atoms with Gasteiger partial charge in [-0.25, -0.2) is 4.79 Å². The number of primary amides is 1. The van der Waals surface area contributed by atoms with Crippen LogP contribution in [0.1, 0.15) is 31.1 Å². The van der Waals surface area contributed by atoms with E-state index in [1.165, 1.54) is 5.56 Å². The summed E-state index contributed by atoms with van der Waals surface area (Å²) in [5.41, 5.74) is 9.51. The summed E-state index contributed by atoms with van der Waals surface area (Å²) in [7, 11) is 1.59. The topological polar surface area (TPSA) is 70.8 Å². The summed E-state index contributed by atoms with van der Waals surface area (Å²) in [4.78, 5) is 11.2. The molecule has 1 aliphatic carbocycles. The van der Waals surface area contributed by atoms with E-state index in [-0.39, 0.29) is 18.3 Å². The van der Waals surface area contributed by atoms with Gasteiger partial charge in [-0.1, -0.05) is 44.2 Å². The van der Waals surface area contributed by atoms with Crippen molar-refractivity contribution in [2.45, 2.75) is 26.4 Å². The van der Waals surface area contributed by atoms with Crippen molar-refractivity contribution in [2.24, 2.45) is 11.1 Å². The van der Waals surface area contributed by atoms with E-state index in [0.717, 1.165) is 28.9 Å². The molecule has 0 spiro atoms. The smallest absolute Gasteiger partial charge is 0.405 e. The quantitative estimate of drug-likeness (QED) is 0.833. The lowest BCUT2D eigenvalue weighted by molar-refractivity contribution is 0.0392. The summed E-state index contributed by atoms with van der Waals surface area (Å²) >= 11 is 0. The molecule has 5 nitrogen and oxygen atoms in total. The van der Waals surface area contributed by atoms with Crippen LogP contribution in [0.2, 0.25) is 0 Å². The molecule has 3 rings (SSSR count). The number of rotatable bonds is 5. The molecule has 25 heavy (non-hydrogen) atoms. The number of fused-ring (bicyclic) bond motifs is 1. The predicted octanol–water partition coefficient (Wildman–Crippen LogP) is 4.06. The summed E-state index contributed by atoms with van der Waals surface area (Å²) in [5.74, 6) is 0.766. The van der Waals surface area contributed by atoms with Gasteiger partial charge in [0, 0.05) is 12.5 Å². The van der Waals surface area contributed by atoms with E-state index in [9.17, 15) is 4.79 Å². The molecule has 0 fully saturated rings. The van der Waals surface area contributed by atoms with Crippen molar-refractivity contribution in [3.05, 3.63) is 53.6 Å². The maximum absolute atomic E-state index is 11.2. The van der Waals surface area contributed by atoms with Crippen molar-refractivity contribution in [1.29, 1.82) is 0 Å². The van der Waals surface area contributed by atoms with Crippen LogP contribution in [0.3, 0.4) is 0 Å². The van der Waals surface area contributed by atoms with Crippen molar-refractivity contribution >= 4 is 6.09 Å². The van der Waals surface area contributed by atoms with E-state index < -0.39 is 6.09 Å². The largest absolute Gasteiger partial charge is 0.468 e. The molecule has 0 bridgehead atoms. The van der Waals surface area contributed by atoms with Crippen molar-refractivity contribution < 1.29 is 19.0 Å². The highest BCUT2D eigenvalue weighted by atomic mass is 16.7. The zero-order chi connectivity index (χ0) is 18.0. The van der Waals surface area contributed by atoms with Gasteiger partial charge in [-0.2, -0.15) is 0 Å². The Balaban J connectivity index is 1.86. The van der Waals surface area contributed by atoms with E-state index >= 15 is 0 Å². The fraction of sp³-hybridized carbons (Fsp3) is 0.350. The number of benzene rings is 2. The van der Waals surface area contributed by atoms with Crippen LogP contribution < -0.4 is 10.5 Å². The molecule has 1 atom stereocenters. The van der Waals surface area contributed by atoms with Crippen LogP contribution >= 0.6 is 0 Å². The predicted molar refractivity (Wildman–Crippen MR) is 95.3 cm³/mol. The maximum atomic E-state index is 11.2. The molecule has 2 aromatic carbocycles. The van der Waals surface area contributed by atoms with E-state index in [1.807, 2.05) is 36.4 Å². The fourth-order valence-corrected chi connectivity index (χ4v) is 3.41. The number of carbonyl (C=O) groups excluding carboxylic acids is 1. The summed E-state index contributed by atoms with van der Waals surface area (Å²) in [6.07, 6.45) is -0.205. The second kappa shape index (κ2) is 6.76. The standard InChI is InChI=1S/C20H23NO4/c1-20(2)11-15-10-14(6-9-17(15)18(20)25-19(21)22)13-4-7-16(8-5-13)24-12-23-3/h4-10,18H,11-12H2,1-3H3,(H2,21,22). The highest BCUT2D eigenvalue weighted by Crippen LogP contribution is 2.48. The Labute approximate surface area is 147 Å². The van der Waals surface area contributed by atoms with Crippen molar-refractivity contribution in [1.82, 2.24) is 0 Å². The van der Waals surface area contributed by atoms with Gasteiger partial charge in [-0.3, -0.25) is 0 Å². The van der Waals surface area contributed by atoms with Gasteiger partial charge in [0.15, 0.2) is 6.79 Å². The Morgan fingerprint density at radius 1 is 1.16 bits per heavy atom. The number of ether oxygens (including phenoxy) is 3. The number of hydrogen-bond donors (Lipinski definition) is 1. The minimum absolute atomic E-state index is 0.173. The Hall–Kier alpha value is -2.53. The Morgan fingerprint density at radius 3 is 2.48 bits per heavy atom. The number of hydrogen-bond acceptors (Lipinski definition) is 4. The van der Waals surface area contributed by atoms with Gasteiger partial charge in [0.1, 0.15) is 11.9 Å². The van der Waals surface area contributed by atoms with Gasteiger partial charge in [0.2, 0.25) is 0 Å². The molecule has 5 heteroatoms. The summed E-state index contributed by atoms with van der Waals surface area (Å²) in [5, 5.41) is 0. The van der Waals surface area contributed by atoms with Crippen molar-refractivity contribution in [2.75, 3.05) is 13.9 Å². The number of carbonyl (C=O) groups is 1. The molecule has 1 aliphatic rings. The SMILES string of the molecule is COCOc1ccc(-c2ccc3c(c2)CC(C)(C)C3OC(N)=O)cc1. The lowest BCUT2D eigenvalue weighted by Gasteiger charge is -2.26. The van der Waals surface area contributed by atoms with Crippen LogP contribution in [0.15, 0.2) is 42.5 Å². The summed E-state index contributed by atoms with van der Waals surface area (Å²) < 4.78 is 15.7. The Bertz CT molecular complexity index is 768. The average Bonchev–Trinajstić information content (AvgIpc) is 2.82. The second-order valence-corrected chi connectivity index (χ2v) is 6.97. The first-order valence-electron chi connectivity index (χ1n) is 8.22. The molecule has 0 aliphatic heterocycles. The molecule has 0 saturated carbocycles. The van der Waals surface area contributed by atoms with Gasteiger partial charge < -0.3 is 19.9 Å². The molecule has 0 aromatic heterocycles. The van der Waals surface area contributed by atoms with Gasteiger partial charge in [-0.05, 0) is 40.8 Å². The second-order valence-electron chi connectivity index (χ2n) is 6.97. The van der Waals surface area contributed by atoms with E-state index in [2.05, 4.69) is 19.9 Å². The van der Waals surface area contributed by atoms with Gasteiger partial charge in [0.25, 0.3) is 0 Å². The van der Waals surface area contributed by atoms with Crippen LogP contribution in [0.4, 0.5) is 4.79 Å². The minimum Gasteiger partial charge on any atom is -0.468 e. The van der Waals surface area contributed by atoms with Crippen LogP contribution in [0, 0.1) is 5.41 Å². The van der Waals surface area contributed by atoms with E-state index in [1.54, 1.807) is 7.11 Å². The van der Waals surface area contributed by atoms with E-state index in [4.69, 9.17) is 19.9 Å². The lowest BCUT2D eigenvalue weighted by atomic mass is 9.87. The zero-order valence-corrected chi connectivity index (χ0v) is 14.7. The molecule has 1 amide bonds. The first-order valence-corrected chi connectivity index (χ1v) is 8.22. The summed E-state index contributed by atoms with van der Waals surface area (Å²) in [6, 6.07) is 14.1. The van der Waals surface area contributed by atoms with Gasteiger partial charge in [-0.15, -0.1) is 0 Å². The molecule has 0 heterocycles. The van der Waals surface area contributed by atoms with Gasteiger partial charge in [0.05, 0.1) is 0 Å². The third-order valence-corrected chi connectivity index (χ3v) is 4.55. The molecule has 1 unspecified atom stereocenters. The lowest BCUT2D eigenvalue weighted by Crippen LogP contribution is -2.25. The highest BCUT2D eigenvalue weighted by Gasteiger charge is 2.41. The third-order valence-electron chi connectivity index (χ3n) is 4.55. The average molecular weight is 341 g/mol. The van der Waals surface area contributed by atoms with Crippen LogP contribution in [0.25, 0.3) is 11.1 Å². The Morgan fingerprint density at radius 2 is 1.84 bits per heavy atom. The van der Waals surface area contributed by atoms with Crippen LogP contribution in [-0.2, 0) is 15.9 Å². The molecule has 2 aromatic rings. The molecule has 0 saturated heterocycles. The monoisotopic (exact) mass is 341 g/mol. The molecule has 2 N–H and O–H groups in total. The number of methoxy groups -OCH3 is 1. The third kappa shape index (κ3) is 3.61. The molecule has 0 radical (unpaired) electrons. The van der Waals surface area contributed by atoms with Gasteiger partial charge >= 0.3 is 6.09 Å². The number of nitrogens with two attached hydrogens (primary N) is 1.